The Hall–Kier alpha value is -3.30. The molecule has 2 N–H and O–H groups in total. The summed E-state index contributed by atoms with van der Waals surface area (Å²) in [6.07, 6.45) is 0.894. The van der Waals surface area contributed by atoms with Gasteiger partial charge in [-0.15, -0.1) is 0 Å². The number of carboxylic acids is 1. The summed E-state index contributed by atoms with van der Waals surface area (Å²) < 4.78 is 17.0. The normalized spacial score (nSPS) is 11.8. The molecule has 0 radical (unpaired) electrons. The Morgan fingerprint density at radius 3 is 2.18 bits per heavy atom. The molecule has 0 saturated heterocycles. The van der Waals surface area contributed by atoms with Crippen molar-refractivity contribution < 1.29 is 28.9 Å². The first-order valence-corrected chi connectivity index (χ1v) is 15.6. The number of ether oxygens (including phenoxy) is 3. The van der Waals surface area contributed by atoms with Crippen molar-refractivity contribution >= 4 is 40.9 Å². The van der Waals surface area contributed by atoms with Gasteiger partial charge in [0.05, 0.1) is 13.2 Å². The summed E-state index contributed by atoms with van der Waals surface area (Å²) in [5.41, 5.74) is 3.68. The molecule has 3 rings (SSSR count). The van der Waals surface area contributed by atoms with Crippen molar-refractivity contribution in [2.45, 2.75) is 58.7 Å². The van der Waals surface area contributed by atoms with Gasteiger partial charge in [0, 0.05) is 41.9 Å². The molecule has 44 heavy (non-hydrogen) atoms. The Balaban J connectivity index is 1.52. The number of aliphatic carboxylic acids is 1. The summed E-state index contributed by atoms with van der Waals surface area (Å²) in [7, 11) is 0. The number of nitrogens with one attached hydrogen (secondary N) is 1. The quantitative estimate of drug-likeness (QED) is 0.136. The van der Waals surface area contributed by atoms with Crippen LogP contribution in [0.2, 0.25) is 10.0 Å². The third-order valence-electron chi connectivity index (χ3n) is 6.89. The fourth-order valence-corrected chi connectivity index (χ4v) is 5.06. The topological polar surface area (TPSA) is 97.3 Å². The maximum Gasteiger partial charge on any atom is 0.333 e. The van der Waals surface area contributed by atoms with Crippen LogP contribution in [0.1, 0.15) is 56.2 Å². The molecular weight excluding hydrogens is 603 g/mol. The lowest BCUT2D eigenvalue weighted by molar-refractivity contribution is -0.149. The van der Waals surface area contributed by atoms with Crippen molar-refractivity contribution in [2.75, 3.05) is 38.2 Å². The Morgan fingerprint density at radius 2 is 1.57 bits per heavy atom. The number of hydrogen-bond donors (Lipinski definition) is 2. The molecule has 2 amide bonds. The van der Waals surface area contributed by atoms with Crippen molar-refractivity contribution in [3.63, 3.8) is 0 Å². The highest BCUT2D eigenvalue weighted by Gasteiger charge is 2.18. The Labute approximate surface area is 270 Å². The summed E-state index contributed by atoms with van der Waals surface area (Å²) >= 11 is 12.1. The van der Waals surface area contributed by atoms with Gasteiger partial charge >= 0.3 is 12.0 Å². The zero-order valence-corrected chi connectivity index (χ0v) is 27.1. The van der Waals surface area contributed by atoms with Crippen LogP contribution in [0.15, 0.2) is 66.7 Å². The fourth-order valence-electron chi connectivity index (χ4n) is 4.49. The van der Waals surface area contributed by atoms with E-state index in [-0.39, 0.29) is 12.5 Å². The Morgan fingerprint density at radius 1 is 0.886 bits per heavy atom. The summed E-state index contributed by atoms with van der Waals surface area (Å²) in [6.45, 7) is 8.50. The predicted molar refractivity (Wildman–Crippen MR) is 175 cm³/mol. The molecule has 8 nitrogen and oxygen atoms in total. The number of anilines is 1. The maximum absolute atomic E-state index is 13.2. The molecule has 1 atom stereocenters. The third-order valence-corrected chi connectivity index (χ3v) is 7.33. The molecule has 10 heteroatoms. The van der Waals surface area contributed by atoms with E-state index in [0.29, 0.717) is 61.2 Å². The molecule has 0 aliphatic rings. The number of carbonyl (C=O) groups excluding carboxylic acids is 1. The molecule has 1 unspecified atom stereocenters. The first-order valence-electron chi connectivity index (χ1n) is 14.9. The van der Waals surface area contributed by atoms with E-state index in [1.807, 2.05) is 48.5 Å². The van der Waals surface area contributed by atoms with E-state index in [2.05, 4.69) is 19.2 Å². The highest BCUT2D eigenvalue weighted by atomic mass is 35.5. The summed E-state index contributed by atoms with van der Waals surface area (Å²) in [5.74, 6) is 0.0546. The van der Waals surface area contributed by atoms with E-state index in [4.69, 9.17) is 37.4 Å². The number of carbonyl (C=O) groups is 2. The minimum absolute atomic E-state index is 0.202. The first kappa shape index (κ1) is 35.2. The number of carboxylic acid groups (broad SMARTS) is 1. The number of halogens is 2. The minimum atomic E-state index is -0.987. The number of amides is 2. The van der Waals surface area contributed by atoms with Crippen LogP contribution in [-0.2, 0) is 27.3 Å². The first-order chi connectivity index (χ1) is 21.1. The molecule has 238 valence electrons. The van der Waals surface area contributed by atoms with Gasteiger partial charge in [0.15, 0.2) is 6.10 Å². The minimum Gasteiger partial charge on any atom is -0.492 e. The predicted octanol–water partition coefficient (Wildman–Crippen LogP) is 8.06. The monoisotopic (exact) mass is 644 g/mol. The smallest absolute Gasteiger partial charge is 0.333 e. The SMILES string of the molecule is CCOC(Cc1ccc(OCCN(CCCCOCc2cc(Cl)cc(Cl)c2)C(=O)Nc2ccc(C(C)C)cc2)cc1)C(=O)O. The molecule has 3 aromatic rings. The van der Waals surface area contributed by atoms with Gasteiger partial charge in [-0.1, -0.05) is 61.3 Å². The Kier molecular flexibility index (Phi) is 14.8. The molecule has 0 aromatic heterocycles. The standard InChI is InChI=1S/C34H42Cl2N2O6/c1-4-43-32(33(39)40)21-25-7-13-31(14-8-25)44-18-16-38(34(41)37-30-11-9-27(10-12-30)24(2)3)15-5-6-17-42-23-26-19-28(35)22-29(36)20-26/h7-14,19-20,22,24,32H,4-6,15-18,21,23H2,1-3H3,(H,37,41)(H,39,40). The molecule has 0 fully saturated rings. The molecule has 0 heterocycles. The van der Waals surface area contributed by atoms with Crippen LogP contribution in [0.25, 0.3) is 0 Å². The van der Waals surface area contributed by atoms with Crippen LogP contribution in [0.4, 0.5) is 10.5 Å². The maximum atomic E-state index is 13.2. The molecule has 0 spiro atoms. The lowest BCUT2D eigenvalue weighted by Gasteiger charge is -2.23. The van der Waals surface area contributed by atoms with Gasteiger partial charge in [0.1, 0.15) is 12.4 Å². The number of hydrogen-bond acceptors (Lipinski definition) is 5. The highest BCUT2D eigenvalue weighted by Crippen LogP contribution is 2.20. The van der Waals surface area contributed by atoms with Gasteiger partial charge in [-0.2, -0.15) is 0 Å². The van der Waals surface area contributed by atoms with Gasteiger partial charge in [-0.3, -0.25) is 0 Å². The number of urea groups is 1. The second-order valence-electron chi connectivity index (χ2n) is 10.7. The van der Waals surface area contributed by atoms with Crippen molar-refractivity contribution in [3.05, 3.63) is 93.5 Å². The summed E-state index contributed by atoms with van der Waals surface area (Å²) in [4.78, 5) is 26.4. The zero-order chi connectivity index (χ0) is 31.9. The second kappa shape index (κ2) is 18.5. The van der Waals surface area contributed by atoms with E-state index in [0.717, 1.165) is 29.7 Å². The Bertz CT molecular complexity index is 1300. The van der Waals surface area contributed by atoms with Crippen LogP contribution >= 0.6 is 23.2 Å². The second-order valence-corrected chi connectivity index (χ2v) is 11.6. The van der Waals surface area contributed by atoms with Crippen molar-refractivity contribution in [3.8, 4) is 5.75 Å². The van der Waals surface area contributed by atoms with Gasteiger partial charge in [0.25, 0.3) is 0 Å². The van der Waals surface area contributed by atoms with Crippen molar-refractivity contribution in [1.29, 1.82) is 0 Å². The van der Waals surface area contributed by atoms with E-state index < -0.39 is 12.1 Å². The molecule has 3 aromatic carbocycles. The molecule has 0 saturated carbocycles. The van der Waals surface area contributed by atoms with E-state index >= 15 is 0 Å². The number of rotatable bonds is 18. The fraction of sp³-hybridized carbons (Fsp3) is 0.412. The van der Waals surface area contributed by atoms with E-state index in [1.165, 1.54) is 5.56 Å². The average Bonchev–Trinajstić information content (AvgIpc) is 2.98. The lowest BCUT2D eigenvalue weighted by atomic mass is 10.0. The number of benzene rings is 3. The molecular formula is C34H42Cl2N2O6. The van der Waals surface area contributed by atoms with Crippen molar-refractivity contribution in [2.24, 2.45) is 0 Å². The molecule has 0 aliphatic heterocycles. The van der Waals surface area contributed by atoms with Gasteiger partial charge in [-0.25, -0.2) is 9.59 Å². The van der Waals surface area contributed by atoms with Crippen LogP contribution in [-0.4, -0.2) is 61.0 Å². The van der Waals surface area contributed by atoms with Crippen LogP contribution in [0.3, 0.4) is 0 Å². The summed E-state index contributed by atoms with van der Waals surface area (Å²) in [5, 5.41) is 13.5. The summed E-state index contributed by atoms with van der Waals surface area (Å²) in [6, 6.07) is 20.3. The van der Waals surface area contributed by atoms with Gasteiger partial charge in [-0.05, 0) is 84.8 Å². The van der Waals surface area contributed by atoms with E-state index in [9.17, 15) is 14.7 Å². The molecule has 0 bridgehead atoms. The average molecular weight is 646 g/mol. The lowest BCUT2D eigenvalue weighted by Crippen LogP contribution is -2.38. The largest absolute Gasteiger partial charge is 0.492 e. The van der Waals surface area contributed by atoms with Crippen LogP contribution < -0.4 is 10.1 Å². The highest BCUT2D eigenvalue weighted by molar-refractivity contribution is 6.34. The number of nitrogens with zero attached hydrogens (tertiary/aromatic N) is 1. The van der Waals surface area contributed by atoms with E-state index in [1.54, 1.807) is 30.0 Å². The number of unbranched alkanes of at least 4 members (excludes halogenated alkanes) is 1. The van der Waals surface area contributed by atoms with Gasteiger partial charge in [0.2, 0.25) is 0 Å². The third kappa shape index (κ3) is 12.4. The van der Waals surface area contributed by atoms with Crippen LogP contribution in [0, 0.1) is 0 Å². The molecule has 0 aliphatic carbocycles. The van der Waals surface area contributed by atoms with Crippen molar-refractivity contribution in [1.82, 2.24) is 4.90 Å². The van der Waals surface area contributed by atoms with Crippen LogP contribution in [0.5, 0.6) is 5.75 Å². The van der Waals surface area contributed by atoms with Gasteiger partial charge < -0.3 is 29.5 Å². The zero-order valence-electron chi connectivity index (χ0n) is 25.6.